The molecule has 1 N–H and O–H groups in total. The summed E-state index contributed by atoms with van der Waals surface area (Å²) in [5.74, 6) is -0.767. The van der Waals surface area contributed by atoms with Crippen LogP contribution >= 0.6 is 0 Å². The number of nitrogens with zero attached hydrogens (tertiary/aromatic N) is 3. The van der Waals surface area contributed by atoms with Crippen LogP contribution in [-0.2, 0) is 17.3 Å². The summed E-state index contributed by atoms with van der Waals surface area (Å²) in [5, 5.41) is 7.80. The van der Waals surface area contributed by atoms with E-state index in [9.17, 15) is 22.8 Å². The molecule has 0 spiro atoms. The van der Waals surface area contributed by atoms with E-state index in [0.29, 0.717) is 25.0 Å². The summed E-state index contributed by atoms with van der Waals surface area (Å²) in [7, 11) is 1.44. The number of hydrogen-bond donors (Lipinski definition) is 1. The van der Waals surface area contributed by atoms with E-state index < -0.39 is 34.9 Å². The maximum atomic E-state index is 14.7. The third-order valence-corrected chi connectivity index (χ3v) is 5.98. The maximum absolute atomic E-state index is 14.7. The highest BCUT2D eigenvalue weighted by Gasteiger charge is 2.33. The van der Waals surface area contributed by atoms with E-state index in [1.165, 1.54) is 29.8 Å². The average molecular weight is 448 g/mol. The Morgan fingerprint density at radius 1 is 1.22 bits per heavy atom. The highest BCUT2D eigenvalue weighted by atomic mass is 19.3. The highest BCUT2D eigenvalue weighted by Crippen LogP contribution is 2.31. The lowest BCUT2D eigenvalue weighted by molar-refractivity contribution is 0.146. The highest BCUT2D eigenvalue weighted by molar-refractivity contribution is 5.90. The van der Waals surface area contributed by atoms with Gasteiger partial charge in [0.25, 0.3) is 17.5 Å². The number of alkyl halides is 2. The number of rotatable bonds is 5. The standard InChI is InChI=1S/C22H23F3N4O3/c1-12(13-5-4-6-14(18(13)23)19(24)25)26-20-16-10-29(22(2)7-8-32-11-22)17(30)9-15(16)21(31)28(3)27-20/h4-6,9-10,12,19H,7-8,11H2,1-3H3,(H,26,27)/t12?,22-/m0/s1. The Kier molecular flexibility index (Phi) is 5.58. The quantitative estimate of drug-likeness (QED) is 0.647. The van der Waals surface area contributed by atoms with E-state index in [0.717, 1.165) is 10.7 Å². The lowest BCUT2D eigenvalue weighted by atomic mass is 10.0. The summed E-state index contributed by atoms with van der Waals surface area (Å²) in [6.07, 6.45) is -0.758. The van der Waals surface area contributed by atoms with Crippen LogP contribution in [0.2, 0.25) is 0 Å². The van der Waals surface area contributed by atoms with Crippen LogP contribution in [0.5, 0.6) is 0 Å². The number of hydrogen-bond acceptors (Lipinski definition) is 5. The SMILES string of the molecule is CC(Nc1nn(C)c(=O)c2cc(=O)n([C@@]3(C)CCOC3)cc12)c1cccc(C(F)F)c1F. The zero-order chi connectivity index (χ0) is 23.2. The Balaban J connectivity index is 1.84. The predicted molar refractivity (Wildman–Crippen MR) is 114 cm³/mol. The molecule has 1 unspecified atom stereocenters. The molecule has 2 aromatic heterocycles. The first kappa shape index (κ1) is 22.1. The lowest BCUT2D eigenvalue weighted by Gasteiger charge is -2.26. The van der Waals surface area contributed by atoms with Crippen LogP contribution in [0, 0.1) is 5.82 Å². The van der Waals surface area contributed by atoms with Crippen molar-refractivity contribution in [2.45, 2.75) is 38.3 Å². The second kappa shape index (κ2) is 8.09. The molecule has 3 aromatic rings. The van der Waals surface area contributed by atoms with E-state index in [1.807, 2.05) is 6.92 Å². The van der Waals surface area contributed by atoms with Crippen LogP contribution in [-0.4, -0.2) is 27.6 Å². The molecule has 0 amide bonds. The van der Waals surface area contributed by atoms with E-state index >= 15 is 0 Å². The second-order valence-corrected chi connectivity index (χ2v) is 8.30. The van der Waals surface area contributed by atoms with Crippen molar-refractivity contribution < 1.29 is 17.9 Å². The summed E-state index contributed by atoms with van der Waals surface area (Å²) < 4.78 is 48.9. The van der Waals surface area contributed by atoms with Crippen molar-refractivity contribution in [1.29, 1.82) is 0 Å². The molecule has 0 bridgehead atoms. The maximum Gasteiger partial charge on any atom is 0.274 e. The predicted octanol–water partition coefficient (Wildman–Crippen LogP) is 3.48. The first-order chi connectivity index (χ1) is 15.1. The van der Waals surface area contributed by atoms with Crippen LogP contribution in [0.1, 0.15) is 43.9 Å². The van der Waals surface area contributed by atoms with Crippen molar-refractivity contribution in [2.24, 2.45) is 7.05 Å². The van der Waals surface area contributed by atoms with Gasteiger partial charge in [-0.25, -0.2) is 17.9 Å². The minimum atomic E-state index is -2.94. The van der Waals surface area contributed by atoms with E-state index in [1.54, 1.807) is 13.1 Å². The molecule has 32 heavy (non-hydrogen) atoms. The van der Waals surface area contributed by atoms with Gasteiger partial charge in [0, 0.05) is 36.9 Å². The smallest absolute Gasteiger partial charge is 0.274 e. The molecular weight excluding hydrogens is 425 g/mol. The molecule has 3 heterocycles. The van der Waals surface area contributed by atoms with Gasteiger partial charge in [-0.1, -0.05) is 18.2 Å². The molecule has 170 valence electrons. The fraction of sp³-hybridized carbons (Fsp3) is 0.409. The molecule has 0 aliphatic carbocycles. The van der Waals surface area contributed by atoms with Gasteiger partial charge >= 0.3 is 0 Å². The zero-order valence-electron chi connectivity index (χ0n) is 17.9. The number of anilines is 1. The van der Waals surface area contributed by atoms with Crippen molar-refractivity contribution in [3.8, 4) is 0 Å². The average Bonchev–Trinajstić information content (AvgIpc) is 3.18. The molecule has 1 fully saturated rings. The fourth-order valence-corrected chi connectivity index (χ4v) is 4.05. The summed E-state index contributed by atoms with van der Waals surface area (Å²) in [4.78, 5) is 25.4. The summed E-state index contributed by atoms with van der Waals surface area (Å²) in [6, 6.07) is 4.34. The van der Waals surface area contributed by atoms with Crippen molar-refractivity contribution in [2.75, 3.05) is 18.5 Å². The molecule has 1 saturated heterocycles. The third kappa shape index (κ3) is 3.68. The Bertz CT molecular complexity index is 1300. The molecule has 1 aliphatic heterocycles. The first-order valence-corrected chi connectivity index (χ1v) is 10.2. The number of halogens is 3. The number of fused-ring (bicyclic) bond motifs is 1. The number of benzene rings is 1. The third-order valence-electron chi connectivity index (χ3n) is 5.98. The van der Waals surface area contributed by atoms with Gasteiger partial charge in [0.15, 0.2) is 5.82 Å². The van der Waals surface area contributed by atoms with Gasteiger partial charge in [0.2, 0.25) is 0 Å². The molecule has 0 radical (unpaired) electrons. The van der Waals surface area contributed by atoms with Crippen LogP contribution in [0.3, 0.4) is 0 Å². The minimum Gasteiger partial charge on any atom is -0.379 e. The second-order valence-electron chi connectivity index (χ2n) is 8.30. The van der Waals surface area contributed by atoms with Crippen molar-refractivity contribution in [3.05, 3.63) is 68.1 Å². The van der Waals surface area contributed by atoms with Gasteiger partial charge in [-0.05, 0) is 20.3 Å². The topological polar surface area (TPSA) is 78.2 Å². The van der Waals surface area contributed by atoms with Gasteiger partial charge < -0.3 is 14.6 Å². The number of ether oxygens (including phenoxy) is 1. The molecule has 2 atom stereocenters. The van der Waals surface area contributed by atoms with Crippen LogP contribution < -0.4 is 16.4 Å². The summed E-state index contributed by atoms with van der Waals surface area (Å²) in [5.41, 5.74) is -2.02. The molecule has 10 heteroatoms. The van der Waals surface area contributed by atoms with Crippen LogP contribution in [0.4, 0.5) is 19.0 Å². The minimum absolute atomic E-state index is 0.0380. The first-order valence-electron chi connectivity index (χ1n) is 10.2. The largest absolute Gasteiger partial charge is 0.379 e. The Hall–Kier alpha value is -3.14. The van der Waals surface area contributed by atoms with E-state index in [-0.39, 0.29) is 22.3 Å². The zero-order valence-corrected chi connectivity index (χ0v) is 17.9. The molecule has 1 aromatic carbocycles. The van der Waals surface area contributed by atoms with Gasteiger partial charge in [0.05, 0.1) is 29.1 Å². The van der Waals surface area contributed by atoms with Gasteiger partial charge in [-0.2, -0.15) is 5.10 Å². The molecule has 7 nitrogen and oxygen atoms in total. The van der Waals surface area contributed by atoms with E-state index in [4.69, 9.17) is 4.74 Å². The van der Waals surface area contributed by atoms with Gasteiger partial charge in [-0.3, -0.25) is 9.59 Å². The Labute approximate surface area is 181 Å². The van der Waals surface area contributed by atoms with E-state index in [2.05, 4.69) is 10.4 Å². The molecule has 4 rings (SSSR count). The number of aromatic nitrogens is 3. The van der Waals surface area contributed by atoms with Gasteiger partial charge in [-0.15, -0.1) is 0 Å². The number of nitrogens with one attached hydrogen (secondary N) is 1. The summed E-state index contributed by atoms with van der Waals surface area (Å²) >= 11 is 0. The molecule has 1 aliphatic rings. The fourth-order valence-electron chi connectivity index (χ4n) is 4.05. The van der Waals surface area contributed by atoms with Crippen molar-refractivity contribution in [1.82, 2.24) is 14.3 Å². The number of aryl methyl sites for hydroxylation is 1. The van der Waals surface area contributed by atoms with Crippen LogP contribution in [0.15, 0.2) is 40.1 Å². The van der Waals surface area contributed by atoms with Crippen molar-refractivity contribution in [3.63, 3.8) is 0 Å². The molecular formula is C22H23F3N4O3. The van der Waals surface area contributed by atoms with Gasteiger partial charge in [0.1, 0.15) is 5.82 Å². The Morgan fingerprint density at radius 2 is 1.94 bits per heavy atom. The molecule has 0 saturated carbocycles. The Morgan fingerprint density at radius 3 is 2.59 bits per heavy atom. The lowest BCUT2D eigenvalue weighted by Crippen LogP contribution is -2.39. The normalized spacial score (nSPS) is 19.6. The van der Waals surface area contributed by atoms with Crippen LogP contribution in [0.25, 0.3) is 10.8 Å². The number of pyridine rings is 1. The van der Waals surface area contributed by atoms with Crippen molar-refractivity contribution >= 4 is 16.6 Å². The monoisotopic (exact) mass is 448 g/mol. The summed E-state index contributed by atoms with van der Waals surface area (Å²) in [6.45, 7) is 4.36.